The summed E-state index contributed by atoms with van der Waals surface area (Å²) in [6, 6.07) is 32.1. The van der Waals surface area contributed by atoms with Gasteiger partial charge in [-0.3, -0.25) is 9.59 Å². The predicted octanol–water partition coefficient (Wildman–Crippen LogP) is 7.58. The van der Waals surface area contributed by atoms with Gasteiger partial charge < -0.3 is 20.5 Å². The van der Waals surface area contributed by atoms with Gasteiger partial charge in [-0.15, -0.1) is 11.3 Å². The molecule has 7 nitrogen and oxygen atoms in total. The normalized spacial score (nSPS) is 11.4. The summed E-state index contributed by atoms with van der Waals surface area (Å²) in [4.78, 5) is 39.0. The van der Waals surface area contributed by atoms with Gasteiger partial charge in [0.05, 0.1) is 17.7 Å². The number of carboxylic acid groups (broad SMARTS) is 1. The number of hydrogen-bond donors (Lipinski definition) is 3. The van der Waals surface area contributed by atoms with Gasteiger partial charge in [0.15, 0.2) is 0 Å². The van der Waals surface area contributed by atoms with Crippen molar-refractivity contribution in [3.63, 3.8) is 0 Å². The summed E-state index contributed by atoms with van der Waals surface area (Å²) in [5, 5.41) is 17.2. The average Bonchev–Trinajstić information content (AvgIpc) is 3.52. The average molecular weight is 656 g/mol. The predicted molar refractivity (Wildman–Crippen MR) is 172 cm³/mol. The highest BCUT2D eigenvalue weighted by Crippen LogP contribution is 2.33. The van der Waals surface area contributed by atoms with E-state index in [9.17, 15) is 19.5 Å². The first-order valence-electron chi connectivity index (χ1n) is 13.4. The zero-order chi connectivity index (χ0) is 30.2. The molecular weight excluding hydrogens is 628 g/mol. The number of para-hydroxylation sites is 2. The number of carbonyl (C=O) groups excluding carboxylic acids is 2. The highest BCUT2D eigenvalue weighted by molar-refractivity contribution is 9.10. The maximum atomic E-state index is 13.3. The minimum absolute atomic E-state index is 0.0671. The first kappa shape index (κ1) is 29.8. The molecular formula is C34H27BrN2O5S. The van der Waals surface area contributed by atoms with Crippen molar-refractivity contribution < 1.29 is 24.2 Å². The van der Waals surface area contributed by atoms with E-state index in [0.717, 1.165) is 27.3 Å². The summed E-state index contributed by atoms with van der Waals surface area (Å²) < 4.78 is 6.71. The topological polar surface area (TPSA) is 105 Å². The van der Waals surface area contributed by atoms with E-state index < -0.39 is 17.9 Å². The second-order valence-corrected chi connectivity index (χ2v) is 11.6. The third kappa shape index (κ3) is 7.97. The number of nitrogens with one attached hydrogen (secondary N) is 2. The smallest absolute Gasteiger partial charge is 0.326 e. The Kier molecular flexibility index (Phi) is 9.66. The van der Waals surface area contributed by atoms with Gasteiger partial charge in [0.25, 0.3) is 5.91 Å². The number of thiophene rings is 1. The number of carboxylic acids is 1. The minimum atomic E-state index is -1.19. The number of ether oxygens (including phenoxy) is 1. The Hall–Kier alpha value is -4.73. The monoisotopic (exact) mass is 654 g/mol. The van der Waals surface area contributed by atoms with Crippen LogP contribution in [0.25, 0.3) is 11.1 Å². The number of carbonyl (C=O) groups is 3. The fraction of sp³-hybridized carbons (Fsp3) is 0.0882. The molecule has 0 saturated carbocycles. The molecule has 0 fully saturated rings. The van der Waals surface area contributed by atoms with Gasteiger partial charge in [-0.25, -0.2) is 4.79 Å². The number of rotatable bonds is 11. The summed E-state index contributed by atoms with van der Waals surface area (Å²) in [6.45, 7) is 0. The van der Waals surface area contributed by atoms with Crippen molar-refractivity contribution in [1.29, 1.82) is 0 Å². The highest BCUT2D eigenvalue weighted by atomic mass is 79.9. The molecule has 4 aromatic carbocycles. The highest BCUT2D eigenvalue weighted by Gasteiger charge is 2.23. The van der Waals surface area contributed by atoms with Crippen LogP contribution in [0.4, 0.5) is 5.69 Å². The van der Waals surface area contributed by atoms with E-state index in [4.69, 9.17) is 4.74 Å². The summed E-state index contributed by atoms with van der Waals surface area (Å²) in [6.07, 6.45) is 0.239. The zero-order valence-corrected chi connectivity index (χ0v) is 25.2. The van der Waals surface area contributed by atoms with Gasteiger partial charge in [0, 0.05) is 21.3 Å². The van der Waals surface area contributed by atoms with Gasteiger partial charge in [-0.05, 0) is 59.0 Å². The van der Waals surface area contributed by atoms with E-state index in [0.29, 0.717) is 15.9 Å². The van der Waals surface area contributed by atoms with Gasteiger partial charge in [-0.1, -0.05) is 82.7 Å². The molecule has 5 aromatic rings. The first-order chi connectivity index (χ1) is 20.9. The van der Waals surface area contributed by atoms with Crippen LogP contribution in [-0.4, -0.2) is 28.9 Å². The number of amides is 2. The van der Waals surface area contributed by atoms with Crippen molar-refractivity contribution in [3.8, 4) is 22.6 Å². The molecule has 9 heteroatoms. The molecule has 1 atom stereocenters. The molecule has 0 saturated heterocycles. The Morgan fingerprint density at radius 1 is 0.860 bits per heavy atom. The third-order valence-corrected chi connectivity index (χ3v) is 7.95. The Morgan fingerprint density at radius 2 is 1.60 bits per heavy atom. The van der Waals surface area contributed by atoms with Crippen molar-refractivity contribution in [2.24, 2.45) is 0 Å². The van der Waals surface area contributed by atoms with Gasteiger partial charge >= 0.3 is 5.97 Å². The van der Waals surface area contributed by atoms with Crippen LogP contribution < -0.4 is 15.4 Å². The van der Waals surface area contributed by atoms with Crippen LogP contribution in [0.3, 0.4) is 0 Å². The Morgan fingerprint density at radius 3 is 2.33 bits per heavy atom. The van der Waals surface area contributed by atoms with Gasteiger partial charge in [0.2, 0.25) is 5.91 Å². The lowest BCUT2D eigenvalue weighted by atomic mass is 9.99. The van der Waals surface area contributed by atoms with E-state index in [1.165, 1.54) is 11.3 Å². The molecule has 1 aromatic heterocycles. The Labute approximate surface area is 261 Å². The number of aliphatic carboxylic acids is 1. The molecule has 5 rings (SSSR count). The summed E-state index contributed by atoms with van der Waals surface area (Å²) in [7, 11) is 0. The maximum absolute atomic E-state index is 13.3. The Balaban J connectivity index is 1.29. The first-order valence-corrected chi connectivity index (χ1v) is 15.1. The van der Waals surface area contributed by atoms with E-state index >= 15 is 0 Å². The van der Waals surface area contributed by atoms with Crippen molar-refractivity contribution in [2.75, 3.05) is 5.32 Å². The molecule has 0 radical (unpaired) electrons. The molecule has 3 N–H and O–H groups in total. The van der Waals surface area contributed by atoms with E-state index in [1.807, 2.05) is 96.4 Å². The summed E-state index contributed by atoms with van der Waals surface area (Å²) in [5.41, 5.74) is 2.99. The van der Waals surface area contributed by atoms with Crippen LogP contribution in [-0.2, 0) is 22.4 Å². The van der Waals surface area contributed by atoms with Crippen molar-refractivity contribution >= 4 is 50.7 Å². The van der Waals surface area contributed by atoms with Gasteiger partial charge in [-0.2, -0.15) is 0 Å². The summed E-state index contributed by atoms with van der Waals surface area (Å²) in [5.74, 6) is -0.628. The second-order valence-electron chi connectivity index (χ2n) is 9.67. The van der Waals surface area contributed by atoms with Crippen LogP contribution in [0.5, 0.6) is 11.5 Å². The van der Waals surface area contributed by atoms with Crippen LogP contribution in [0.15, 0.2) is 119 Å². The lowest BCUT2D eigenvalue weighted by molar-refractivity contribution is -0.139. The zero-order valence-electron chi connectivity index (χ0n) is 22.8. The lowest BCUT2D eigenvalue weighted by Gasteiger charge is -2.17. The quantitative estimate of drug-likeness (QED) is 0.136. The molecule has 0 aliphatic rings. The van der Waals surface area contributed by atoms with Crippen LogP contribution in [0, 0.1) is 0 Å². The maximum Gasteiger partial charge on any atom is 0.326 e. The molecule has 216 valence electrons. The number of benzene rings is 4. The largest absolute Gasteiger partial charge is 0.480 e. The molecule has 0 unspecified atom stereocenters. The van der Waals surface area contributed by atoms with E-state index in [2.05, 4.69) is 26.6 Å². The SMILES string of the molecule is O=C(Cc1cccs1)Nc1ccc(Br)cc1C(=O)N[C@@H](Cc1ccc(-c2ccccc2Oc2ccccc2)cc1)C(=O)O. The Bertz CT molecular complexity index is 1720. The van der Waals surface area contributed by atoms with Crippen molar-refractivity contribution in [3.05, 3.63) is 135 Å². The fourth-order valence-corrected chi connectivity index (χ4v) is 5.55. The molecule has 1 heterocycles. The molecule has 0 aliphatic heterocycles. The molecule has 2 amide bonds. The number of halogens is 1. The second kappa shape index (κ2) is 14.0. The van der Waals surface area contributed by atoms with E-state index in [-0.39, 0.29) is 24.3 Å². The van der Waals surface area contributed by atoms with Gasteiger partial charge in [0.1, 0.15) is 17.5 Å². The fourth-order valence-electron chi connectivity index (χ4n) is 4.48. The molecule has 0 aliphatic carbocycles. The summed E-state index contributed by atoms with van der Waals surface area (Å²) >= 11 is 4.83. The number of hydrogen-bond acceptors (Lipinski definition) is 5. The van der Waals surface area contributed by atoms with Crippen LogP contribution in [0.1, 0.15) is 20.8 Å². The van der Waals surface area contributed by atoms with Crippen molar-refractivity contribution in [1.82, 2.24) is 5.32 Å². The molecule has 43 heavy (non-hydrogen) atoms. The van der Waals surface area contributed by atoms with Crippen LogP contribution in [0.2, 0.25) is 0 Å². The van der Waals surface area contributed by atoms with Crippen LogP contribution >= 0.6 is 27.3 Å². The standard InChI is InChI=1S/C34H27BrN2O5S/c35-24-16-17-29(36-32(38)21-26-9-6-18-43-26)28(20-24)33(39)37-30(34(40)41)19-22-12-14-23(15-13-22)27-10-4-5-11-31(27)42-25-7-2-1-3-8-25/h1-18,20,30H,19,21H2,(H,36,38)(H,37,39)(H,40,41)/t30-/m0/s1. The number of anilines is 1. The van der Waals surface area contributed by atoms with Crippen molar-refractivity contribution in [2.45, 2.75) is 18.9 Å². The molecule has 0 spiro atoms. The third-order valence-electron chi connectivity index (χ3n) is 6.58. The minimum Gasteiger partial charge on any atom is -0.480 e. The van der Waals surface area contributed by atoms with E-state index in [1.54, 1.807) is 18.2 Å². The lowest BCUT2D eigenvalue weighted by Crippen LogP contribution is -2.42. The molecule has 0 bridgehead atoms.